The molecule has 1 atom stereocenters. The van der Waals surface area contributed by atoms with Gasteiger partial charge in [-0.2, -0.15) is 0 Å². The number of carbonyl (C=O) groups excluding carboxylic acids is 1. The number of piperidine rings is 1. The van der Waals surface area contributed by atoms with Crippen molar-refractivity contribution in [2.45, 2.75) is 25.8 Å². The summed E-state index contributed by atoms with van der Waals surface area (Å²) in [5.74, 6) is 0.165. The largest absolute Gasteiger partial charge is 0.380 e. The zero-order chi connectivity index (χ0) is 14.0. The Bertz CT molecular complexity index is 516. The van der Waals surface area contributed by atoms with Crippen LogP contribution >= 0.6 is 0 Å². The molecule has 1 aromatic carbocycles. The minimum Gasteiger partial charge on any atom is -0.380 e. The highest BCUT2D eigenvalue weighted by Gasteiger charge is 2.23. The molecule has 1 heterocycles. The number of aryl methyl sites for hydroxylation is 1. The summed E-state index contributed by atoms with van der Waals surface area (Å²) in [5, 5.41) is 14.0. The van der Waals surface area contributed by atoms with Crippen molar-refractivity contribution in [1.82, 2.24) is 4.90 Å². The van der Waals surface area contributed by atoms with Gasteiger partial charge in [-0.1, -0.05) is 0 Å². The molecule has 102 valence electrons. The van der Waals surface area contributed by atoms with E-state index in [0.717, 1.165) is 17.7 Å². The standard InChI is InChI=1S/C13H17N3O3/c1-9-7-11(16(18)19)4-5-12(9)14-10-3-6-13(17)15(2)8-10/h4-5,7,10,14H,3,6,8H2,1-2H3. The van der Waals surface area contributed by atoms with Crippen molar-refractivity contribution in [1.29, 1.82) is 0 Å². The first-order chi connectivity index (χ1) is 8.97. The lowest BCUT2D eigenvalue weighted by atomic mass is 10.0. The molecule has 2 rings (SSSR count). The van der Waals surface area contributed by atoms with Crippen molar-refractivity contribution in [3.05, 3.63) is 33.9 Å². The fraction of sp³-hybridized carbons (Fsp3) is 0.462. The number of likely N-dealkylation sites (tertiary alicyclic amines) is 1. The number of nitro benzene ring substituents is 1. The Morgan fingerprint density at radius 2 is 2.21 bits per heavy atom. The molecule has 0 aromatic heterocycles. The molecule has 0 saturated carbocycles. The van der Waals surface area contributed by atoms with E-state index in [1.807, 2.05) is 6.92 Å². The summed E-state index contributed by atoms with van der Waals surface area (Å²) in [6, 6.07) is 4.97. The fourth-order valence-electron chi connectivity index (χ4n) is 2.27. The number of likely N-dealkylation sites (N-methyl/N-ethyl adjacent to an activating group) is 1. The minimum atomic E-state index is -0.399. The number of hydrogen-bond acceptors (Lipinski definition) is 4. The molecule has 6 heteroatoms. The van der Waals surface area contributed by atoms with Crippen LogP contribution in [0.1, 0.15) is 18.4 Å². The van der Waals surface area contributed by atoms with Gasteiger partial charge in [0.15, 0.2) is 0 Å². The Morgan fingerprint density at radius 3 is 2.79 bits per heavy atom. The van der Waals surface area contributed by atoms with Gasteiger partial charge in [-0.25, -0.2) is 0 Å². The molecule has 0 spiro atoms. The topological polar surface area (TPSA) is 75.5 Å². The first-order valence-corrected chi connectivity index (χ1v) is 6.23. The van der Waals surface area contributed by atoms with Crippen LogP contribution in [0.2, 0.25) is 0 Å². The number of nitro groups is 1. The molecule has 0 aliphatic carbocycles. The van der Waals surface area contributed by atoms with Crippen LogP contribution in [0, 0.1) is 17.0 Å². The first kappa shape index (κ1) is 13.3. The lowest BCUT2D eigenvalue weighted by Crippen LogP contribution is -2.43. The van der Waals surface area contributed by atoms with Gasteiger partial charge in [-0.05, 0) is 25.0 Å². The SMILES string of the molecule is Cc1cc([N+](=O)[O-])ccc1NC1CCC(=O)N(C)C1. The van der Waals surface area contributed by atoms with E-state index in [1.54, 1.807) is 24.1 Å². The minimum absolute atomic E-state index is 0.0963. The maximum absolute atomic E-state index is 11.4. The summed E-state index contributed by atoms with van der Waals surface area (Å²) in [6.07, 6.45) is 1.33. The lowest BCUT2D eigenvalue weighted by Gasteiger charge is -2.31. The lowest BCUT2D eigenvalue weighted by molar-refractivity contribution is -0.384. The first-order valence-electron chi connectivity index (χ1n) is 6.23. The number of non-ortho nitro benzene ring substituents is 1. The molecule has 19 heavy (non-hydrogen) atoms. The van der Waals surface area contributed by atoms with E-state index >= 15 is 0 Å². The fourth-order valence-corrected chi connectivity index (χ4v) is 2.27. The molecular formula is C13H17N3O3. The number of anilines is 1. The van der Waals surface area contributed by atoms with Crippen molar-refractivity contribution in [2.24, 2.45) is 0 Å². The number of nitrogens with zero attached hydrogens (tertiary/aromatic N) is 2. The van der Waals surface area contributed by atoms with E-state index in [1.165, 1.54) is 6.07 Å². The monoisotopic (exact) mass is 263 g/mol. The number of rotatable bonds is 3. The summed E-state index contributed by atoms with van der Waals surface area (Å²) < 4.78 is 0. The smallest absolute Gasteiger partial charge is 0.269 e. The van der Waals surface area contributed by atoms with E-state index in [-0.39, 0.29) is 17.6 Å². The number of amides is 1. The number of benzene rings is 1. The Hall–Kier alpha value is -2.11. The average molecular weight is 263 g/mol. The van der Waals surface area contributed by atoms with E-state index in [4.69, 9.17) is 0 Å². The molecule has 0 radical (unpaired) electrons. The molecule has 1 fully saturated rings. The average Bonchev–Trinajstić information content (AvgIpc) is 2.36. The summed E-state index contributed by atoms with van der Waals surface area (Å²) >= 11 is 0. The van der Waals surface area contributed by atoms with Crippen LogP contribution in [0.25, 0.3) is 0 Å². The molecule has 1 amide bonds. The van der Waals surface area contributed by atoms with Crippen molar-refractivity contribution < 1.29 is 9.72 Å². The molecule has 6 nitrogen and oxygen atoms in total. The van der Waals surface area contributed by atoms with Gasteiger partial charge >= 0.3 is 0 Å². The van der Waals surface area contributed by atoms with Crippen LogP contribution < -0.4 is 5.32 Å². The van der Waals surface area contributed by atoms with Crippen LogP contribution in [0.4, 0.5) is 11.4 Å². The maximum atomic E-state index is 11.4. The zero-order valence-corrected chi connectivity index (χ0v) is 11.0. The van der Waals surface area contributed by atoms with Gasteiger partial charge in [0.25, 0.3) is 5.69 Å². The van der Waals surface area contributed by atoms with Crippen LogP contribution in [-0.2, 0) is 4.79 Å². The van der Waals surface area contributed by atoms with Crippen molar-refractivity contribution in [3.8, 4) is 0 Å². The Morgan fingerprint density at radius 1 is 1.47 bits per heavy atom. The van der Waals surface area contributed by atoms with Gasteiger partial charge in [0.2, 0.25) is 5.91 Å². The molecule has 1 aliphatic heterocycles. The van der Waals surface area contributed by atoms with Gasteiger partial charge in [0, 0.05) is 43.9 Å². The quantitative estimate of drug-likeness (QED) is 0.668. The van der Waals surface area contributed by atoms with Crippen LogP contribution in [-0.4, -0.2) is 35.4 Å². The second kappa shape index (κ2) is 5.26. The van der Waals surface area contributed by atoms with Crippen molar-refractivity contribution in [3.63, 3.8) is 0 Å². The van der Waals surface area contributed by atoms with Gasteiger partial charge in [0.05, 0.1) is 4.92 Å². The van der Waals surface area contributed by atoms with Gasteiger partial charge < -0.3 is 10.2 Å². The third-order valence-corrected chi connectivity index (χ3v) is 3.41. The predicted molar refractivity (Wildman–Crippen MR) is 72.1 cm³/mol. The summed E-state index contributed by atoms with van der Waals surface area (Å²) in [5.41, 5.74) is 1.83. The van der Waals surface area contributed by atoms with Crippen LogP contribution in [0.15, 0.2) is 18.2 Å². The second-order valence-corrected chi connectivity index (χ2v) is 4.91. The van der Waals surface area contributed by atoms with Gasteiger partial charge in [-0.15, -0.1) is 0 Å². The summed E-state index contributed by atoms with van der Waals surface area (Å²) in [4.78, 5) is 23.4. The Labute approximate surface area is 111 Å². The molecule has 0 bridgehead atoms. The molecule has 1 aliphatic rings. The van der Waals surface area contributed by atoms with Crippen molar-refractivity contribution >= 4 is 17.3 Å². The molecular weight excluding hydrogens is 246 g/mol. The normalized spacial score (nSPS) is 19.4. The van der Waals surface area contributed by atoms with E-state index in [2.05, 4.69) is 5.32 Å². The highest BCUT2D eigenvalue weighted by Crippen LogP contribution is 2.23. The van der Waals surface area contributed by atoms with Crippen molar-refractivity contribution in [2.75, 3.05) is 18.9 Å². The zero-order valence-electron chi connectivity index (χ0n) is 11.0. The third kappa shape index (κ3) is 3.01. The number of carbonyl (C=O) groups is 1. The third-order valence-electron chi connectivity index (χ3n) is 3.41. The Balaban J connectivity index is 2.07. The highest BCUT2D eigenvalue weighted by atomic mass is 16.6. The molecule has 1 unspecified atom stereocenters. The van der Waals surface area contributed by atoms with Crippen LogP contribution in [0.5, 0.6) is 0 Å². The predicted octanol–water partition coefficient (Wildman–Crippen LogP) is 1.94. The van der Waals surface area contributed by atoms with E-state index in [9.17, 15) is 14.9 Å². The maximum Gasteiger partial charge on any atom is 0.269 e. The molecule has 1 saturated heterocycles. The highest BCUT2D eigenvalue weighted by molar-refractivity contribution is 5.77. The number of hydrogen-bond donors (Lipinski definition) is 1. The van der Waals surface area contributed by atoms with Crippen LogP contribution in [0.3, 0.4) is 0 Å². The summed E-state index contributed by atoms with van der Waals surface area (Å²) in [7, 11) is 1.79. The van der Waals surface area contributed by atoms with E-state index < -0.39 is 4.92 Å². The second-order valence-electron chi connectivity index (χ2n) is 4.91. The van der Waals surface area contributed by atoms with Gasteiger partial charge in [-0.3, -0.25) is 14.9 Å². The van der Waals surface area contributed by atoms with E-state index in [0.29, 0.717) is 13.0 Å². The molecule has 1 aromatic rings. The Kier molecular flexibility index (Phi) is 3.69. The van der Waals surface area contributed by atoms with Gasteiger partial charge in [0.1, 0.15) is 0 Å². The summed E-state index contributed by atoms with van der Waals surface area (Å²) in [6.45, 7) is 2.50. The number of nitrogens with one attached hydrogen (secondary N) is 1. The molecule has 1 N–H and O–H groups in total.